The van der Waals surface area contributed by atoms with Gasteiger partial charge in [-0.2, -0.15) is 0 Å². The molecule has 0 saturated heterocycles. The minimum Gasteiger partial charge on any atom is -0.497 e. The van der Waals surface area contributed by atoms with Crippen LogP contribution in [0.2, 0.25) is 0 Å². The van der Waals surface area contributed by atoms with E-state index in [-0.39, 0.29) is 12.5 Å². The van der Waals surface area contributed by atoms with Crippen LogP contribution in [0, 0.1) is 0 Å². The van der Waals surface area contributed by atoms with Crippen LogP contribution in [0.15, 0.2) is 18.2 Å². The average molecular weight is 253 g/mol. The zero-order valence-corrected chi connectivity index (χ0v) is 10.9. The molecule has 0 fully saturated rings. The first-order valence-corrected chi connectivity index (χ1v) is 5.79. The molecule has 0 radical (unpaired) electrons. The smallest absolute Gasteiger partial charge is 0.219 e. The molecule has 1 atom stereocenters. The van der Waals surface area contributed by atoms with Crippen LogP contribution in [-0.2, 0) is 4.79 Å². The van der Waals surface area contributed by atoms with Crippen molar-refractivity contribution in [3.8, 4) is 11.5 Å². The second-order valence-corrected chi connectivity index (χ2v) is 3.78. The van der Waals surface area contributed by atoms with Gasteiger partial charge in [0, 0.05) is 24.6 Å². The number of rotatable bonds is 6. The molecule has 0 aliphatic heterocycles. The molecule has 0 aromatic heterocycles. The largest absolute Gasteiger partial charge is 0.497 e. The molecule has 0 heterocycles. The summed E-state index contributed by atoms with van der Waals surface area (Å²) >= 11 is 0. The Morgan fingerprint density at radius 2 is 2.11 bits per heavy atom. The second kappa shape index (κ2) is 6.86. The molecule has 0 bridgehead atoms. The van der Waals surface area contributed by atoms with Gasteiger partial charge in [-0.15, -0.1) is 0 Å². The van der Waals surface area contributed by atoms with Crippen molar-refractivity contribution in [2.45, 2.75) is 19.4 Å². The molecular formula is C13H19NO4. The summed E-state index contributed by atoms with van der Waals surface area (Å²) in [5, 5.41) is 12.6. The third-order valence-corrected chi connectivity index (χ3v) is 2.61. The van der Waals surface area contributed by atoms with Gasteiger partial charge >= 0.3 is 0 Å². The maximum absolute atomic E-state index is 11.1. The number of aliphatic hydroxyl groups is 1. The SMILES string of the molecule is CCC(=O)NCC(O)c1ccc(OC)cc1OC. The molecule has 0 aliphatic carbocycles. The van der Waals surface area contributed by atoms with E-state index >= 15 is 0 Å². The van der Waals surface area contributed by atoms with Crippen LogP contribution in [0.3, 0.4) is 0 Å². The number of methoxy groups -OCH3 is 2. The number of hydrogen-bond acceptors (Lipinski definition) is 4. The highest BCUT2D eigenvalue weighted by molar-refractivity contribution is 5.75. The highest BCUT2D eigenvalue weighted by Crippen LogP contribution is 2.29. The topological polar surface area (TPSA) is 67.8 Å². The lowest BCUT2D eigenvalue weighted by Gasteiger charge is -2.16. The molecule has 0 aliphatic rings. The summed E-state index contributed by atoms with van der Waals surface area (Å²) in [4.78, 5) is 11.1. The Labute approximate surface area is 107 Å². The van der Waals surface area contributed by atoms with Crippen LogP contribution in [0.5, 0.6) is 11.5 Å². The van der Waals surface area contributed by atoms with E-state index in [0.29, 0.717) is 23.5 Å². The lowest BCUT2D eigenvalue weighted by molar-refractivity contribution is -0.121. The van der Waals surface area contributed by atoms with E-state index in [2.05, 4.69) is 5.32 Å². The molecular weight excluding hydrogens is 234 g/mol. The quantitative estimate of drug-likeness (QED) is 0.801. The van der Waals surface area contributed by atoms with Crippen molar-refractivity contribution in [2.75, 3.05) is 20.8 Å². The molecule has 0 spiro atoms. The van der Waals surface area contributed by atoms with Gasteiger partial charge in [-0.25, -0.2) is 0 Å². The molecule has 2 N–H and O–H groups in total. The molecule has 1 unspecified atom stereocenters. The summed E-state index contributed by atoms with van der Waals surface area (Å²) in [5.74, 6) is 1.09. The molecule has 0 saturated carbocycles. The van der Waals surface area contributed by atoms with E-state index in [1.54, 1.807) is 32.2 Å². The van der Waals surface area contributed by atoms with Crippen molar-refractivity contribution in [1.82, 2.24) is 5.32 Å². The van der Waals surface area contributed by atoms with E-state index in [4.69, 9.17) is 9.47 Å². The molecule has 1 aromatic carbocycles. The first-order chi connectivity index (χ1) is 8.62. The first-order valence-electron chi connectivity index (χ1n) is 5.79. The number of benzene rings is 1. The summed E-state index contributed by atoms with van der Waals surface area (Å²) in [6, 6.07) is 5.16. The van der Waals surface area contributed by atoms with Gasteiger partial charge in [-0.3, -0.25) is 4.79 Å². The molecule has 5 heteroatoms. The number of amides is 1. The van der Waals surface area contributed by atoms with Crippen LogP contribution in [0.1, 0.15) is 25.0 Å². The normalized spacial score (nSPS) is 11.8. The third-order valence-electron chi connectivity index (χ3n) is 2.61. The Bertz CT molecular complexity index is 406. The fourth-order valence-corrected chi connectivity index (χ4v) is 1.54. The van der Waals surface area contributed by atoms with Crippen LogP contribution in [-0.4, -0.2) is 31.8 Å². The summed E-state index contributed by atoms with van der Waals surface area (Å²) in [7, 11) is 3.09. The Kier molecular flexibility index (Phi) is 5.45. The number of carbonyl (C=O) groups is 1. The molecule has 1 aromatic rings. The van der Waals surface area contributed by atoms with Crippen LogP contribution >= 0.6 is 0 Å². The van der Waals surface area contributed by atoms with Gasteiger partial charge in [0.2, 0.25) is 5.91 Å². The Morgan fingerprint density at radius 1 is 1.39 bits per heavy atom. The predicted octanol–water partition coefficient (Wildman–Crippen LogP) is 1.26. The molecule has 1 amide bonds. The minimum absolute atomic E-state index is 0.0958. The summed E-state index contributed by atoms with van der Waals surface area (Å²) in [6.07, 6.45) is -0.409. The van der Waals surface area contributed by atoms with Gasteiger partial charge < -0.3 is 19.9 Å². The fraction of sp³-hybridized carbons (Fsp3) is 0.462. The summed E-state index contributed by atoms with van der Waals surface area (Å²) in [6.45, 7) is 1.92. The van der Waals surface area contributed by atoms with E-state index in [1.807, 2.05) is 0 Å². The standard InChI is InChI=1S/C13H19NO4/c1-4-13(16)14-8-11(15)10-6-5-9(17-2)7-12(10)18-3/h5-7,11,15H,4,8H2,1-3H3,(H,14,16). The fourth-order valence-electron chi connectivity index (χ4n) is 1.54. The van der Waals surface area contributed by atoms with Gasteiger partial charge in [0.1, 0.15) is 11.5 Å². The predicted molar refractivity (Wildman–Crippen MR) is 67.8 cm³/mol. The maximum Gasteiger partial charge on any atom is 0.219 e. The highest BCUT2D eigenvalue weighted by atomic mass is 16.5. The number of aliphatic hydroxyl groups excluding tert-OH is 1. The van der Waals surface area contributed by atoms with Crippen molar-refractivity contribution in [3.05, 3.63) is 23.8 Å². The van der Waals surface area contributed by atoms with Gasteiger partial charge in [-0.1, -0.05) is 6.92 Å². The van der Waals surface area contributed by atoms with Crippen LogP contribution in [0.4, 0.5) is 0 Å². The Balaban J connectivity index is 2.78. The zero-order valence-electron chi connectivity index (χ0n) is 10.9. The van der Waals surface area contributed by atoms with E-state index in [1.165, 1.54) is 7.11 Å². The lowest BCUT2D eigenvalue weighted by atomic mass is 10.1. The highest BCUT2D eigenvalue weighted by Gasteiger charge is 2.14. The van der Waals surface area contributed by atoms with Crippen molar-refractivity contribution in [1.29, 1.82) is 0 Å². The molecule has 1 rings (SSSR count). The molecule has 5 nitrogen and oxygen atoms in total. The Hall–Kier alpha value is -1.75. The monoisotopic (exact) mass is 253 g/mol. The van der Waals surface area contributed by atoms with Crippen molar-refractivity contribution in [3.63, 3.8) is 0 Å². The molecule has 18 heavy (non-hydrogen) atoms. The van der Waals surface area contributed by atoms with Gasteiger partial charge in [0.15, 0.2) is 0 Å². The summed E-state index contributed by atoms with van der Waals surface area (Å²) in [5.41, 5.74) is 0.620. The number of ether oxygens (including phenoxy) is 2. The van der Waals surface area contributed by atoms with Crippen molar-refractivity contribution < 1.29 is 19.4 Å². The number of hydrogen-bond donors (Lipinski definition) is 2. The minimum atomic E-state index is -0.804. The number of carbonyl (C=O) groups excluding carboxylic acids is 1. The van der Waals surface area contributed by atoms with Crippen molar-refractivity contribution in [2.24, 2.45) is 0 Å². The van der Waals surface area contributed by atoms with E-state index in [0.717, 1.165) is 0 Å². The van der Waals surface area contributed by atoms with Crippen LogP contribution < -0.4 is 14.8 Å². The van der Waals surface area contributed by atoms with E-state index < -0.39 is 6.10 Å². The summed E-state index contributed by atoms with van der Waals surface area (Å²) < 4.78 is 10.3. The maximum atomic E-state index is 11.1. The Morgan fingerprint density at radius 3 is 2.67 bits per heavy atom. The van der Waals surface area contributed by atoms with E-state index in [9.17, 15) is 9.90 Å². The zero-order chi connectivity index (χ0) is 13.5. The second-order valence-electron chi connectivity index (χ2n) is 3.78. The average Bonchev–Trinajstić information content (AvgIpc) is 2.43. The lowest BCUT2D eigenvalue weighted by Crippen LogP contribution is -2.27. The van der Waals surface area contributed by atoms with Crippen molar-refractivity contribution >= 4 is 5.91 Å². The first kappa shape index (κ1) is 14.3. The van der Waals surface area contributed by atoms with Gasteiger partial charge in [0.25, 0.3) is 0 Å². The van der Waals surface area contributed by atoms with Gasteiger partial charge in [0.05, 0.1) is 20.3 Å². The molecule has 100 valence electrons. The van der Waals surface area contributed by atoms with Crippen LogP contribution in [0.25, 0.3) is 0 Å². The number of nitrogens with one attached hydrogen (secondary N) is 1. The van der Waals surface area contributed by atoms with Gasteiger partial charge in [-0.05, 0) is 12.1 Å². The third kappa shape index (κ3) is 3.63.